The molecule has 1 saturated heterocycles. The summed E-state index contributed by atoms with van der Waals surface area (Å²) in [5.74, 6) is 2.55. The van der Waals surface area contributed by atoms with Crippen LogP contribution >= 0.6 is 34.9 Å². The van der Waals surface area contributed by atoms with Gasteiger partial charge in [0.2, 0.25) is 0 Å². The fraction of sp³-hybridized carbons (Fsp3) is 0.786. The molecule has 0 saturated carbocycles. The van der Waals surface area contributed by atoms with Crippen molar-refractivity contribution >= 4 is 34.9 Å². The van der Waals surface area contributed by atoms with Gasteiger partial charge in [0.15, 0.2) is 0 Å². The van der Waals surface area contributed by atoms with Gasteiger partial charge in [-0.2, -0.15) is 11.8 Å². The molecule has 2 atom stereocenters. The van der Waals surface area contributed by atoms with E-state index in [4.69, 9.17) is 4.98 Å². The van der Waals surface area contributed by atoms with Gasteiger partial charge in [-0.3, -0.25) is 0 Å². The van der Waals surface area contributed by atoms with E-state index in [-0.39, 0.29) is 0 Å². The zero-order valence-electron chi connectivity index (χ0n) is 12.2. The number of nitrogens with zero attached hydrogens (tertiary/aromatic N) is 1. The maximum Gasteiger partial charge on any atom is 0.107 e. The Morgan fingerprint density at radius 1 is 1.32 bits per heavy atom. The average Bonchev–Trinajstić information content (AvgIpc) is 2.80. The molecule has 1 aromatic heterocycles. The maximum atomic E-state index is 4.93. The first-order valence-corrected chi connectivity index (χ1v) is 9.98. The Morgan fingerprint density at radius 3 is 2.68 bits per heavy atom. The first kappa shape index (κ1) is 15.7. The van der Waals surface area contributed by atoms with E-state index in [0.29, 0.717) is 16.5 Å². The van der Waals surface area contributed by atoms with Gasteiger partial charge in [0, 0.05) is 34.2 Å². The van der Waals surface area contributed by atoms with Crippen molar-refractivity contribution in [2.75, 3.05) is 11.5 Å². The predicted molar refractivity (Wildman–Crippen MR) is 90.6 cm³/mol. The minimum Gasteiger partial charge on any atom is -0.310 e. The summed E-state index contributed by atoms with van der Waals surface area (Å²) in [7, 11) is 0. The van der Waals surface area contributed by atoms with Gasteiger partial charge in [-0.1, -0.05) is 27.7 Å². The molecule has 0 aliphatic carbocycles. The van der Waals surface area contributed by atoms with Gasteiger partial charge >= 0.3 is 0 Å². The van der Waals surface area contributed by atoms with Gasteiger partial charge in [-0.05, 0) is 6.42 Å². The van der Waals surface area contributed by atoms with Gasteiger partial charge in [0.05, 0.1) is 10.9 Å². The molecule has 1 aromatic rings. The second-order valence-electron chi connectivity index (χ2n) is 5.18. The van der Waals surface area contributed by atoms with Gasteiger partial charge in [-0.15, -0.1) is 23.1 Å². The van der Waals surface area contributed by atoms with Crippen LogP contribution in [0.5, 0.6) is 0 Å². The molecule has 2 nitrogen and oxygen atoms in total. The molecule has 108 valence electrons. The third-order valence-electron chi connectivity index (χ3n) is 3.23. The SMILES string of the molecule is CCc1nc(C2SCCSC2C)sc1CNC(C)C. The molecule has 2 unspecified atom stereocenters. The average molecular weight is 317 g/mol. The van der Waals surface area contributed by atoms with Crippen molar-refractivity contribution in [2.45, 2.75) is 57.2 Å². The van der Waals surface area contributed by atoms with Crippen LogP contribution in [0.4, 0.5) is 0 Å². The van der Waals surface area contributed by atoms with E-state index >= 15 is 0 Å². The Kier molecular flexibility index (Phi) is 6.06. The normalized spacial score (nSPS) is 24.1. The highest BCUT2D eigenvalue weighted by Crippen LogP contribution is 2.44. The number of aryl methyl sites for hydroxylation is 1. The van der Waals surface area contributed by atoms with Crippen molar-refractivity contribution in [1.29, 1.82) is 0 Å². The van der Waals surface area contributed by atoms with E-state index in [1.807, 2.05) is 11.3 Å². The first-order chi connectivity index (χ1) is 9.11. The van der Waals surface area contributed by atoms with E-state index in [9.17, 15) is 0 Å². The van der Waals surface area contributed by atoms with Crippen molar-refractivity contribution in [2.24, 2.45) is 0 Å². The minimum atomic E-state index is 0.536. The van der Waals surface area contributed by atoms with Crippen molar-refractivity contribution in [3.05, 3.63) is 15.6 Å². The quantitative estimate of drug-likeness (QED) is 0.883. The van der Waals surface area contributed by atoms with Crippen LogP contribution in [0, 0.1) is 0 Å². The van der Waals surface area contributed by atoms with Crippen LogP contribution in [-0.4, -0.2) is 27.8 Å². The standard InChI is InChI=1S/C14H24N2S3/c1-5-11-12(8-15-9(2)3)19-14(16-11)13-10(4)17-6-7-18-13/h9-10,13,15H,5-8H2,1-4H3. The third-order valence-corrected chi connectivity index (χ3v) is 7.66. The number of thiazole rings is 1. The zero-order chi connectivity index (χ0) is 13.8. The summed E-state index contributed by atoms with van der Waals surface area (Å²) in [5, 5.41) is 6.17. The van der Waals surface area contributed by atoms with Crippen molar-refractivity contribution in [1.82, 2.24) is 10.3 Å². The monoisotopic (exact) mass is 316 g/mol. The number of hydrogen-bond acceptors (Lipinski definition) is 5. The number of nitrogens with one attached hydrogen (secondary N) is 1. The van der Waals surface area contributed by atoms with Crippen LogP contribution in [0.1, 0.15) is 48.5 Å². The van der Waals surface area contributed by atoms with E-state index in [0.717, 1.165) is 13.0 Å². The molecule has 5 heteroatoms. The molecule has 1 fully saturated rings. The van der Waals surface area contributed by atoms with E-state index < -0.39 is 0 Å². The van der Waals surface area contributed by atoms with E-state index in [1.165, 1.54) is 27.1 Å². The highest BCUT2D eigenvalue weighted by molar-refractivity contribution is 8.06. The highest BCUT2D eigenvalue weighted by atomic mass is 32.2. The summed E-state index contributed by atoms with van der Waals surface area (Å²) in [6.07, 6.45) is 1.05. The molecule has 0 amide bonds. The molecule has 1 aliphatic rings. The van der Waals surface area contributed by atoms with Crippen LogP contribution in [0.15, 0.2) is 0 Å². The first-order valence-electron chi connectivity index (χ1n) is 7.06. The van der Waals surface area contributed by atoms with Crippen molar-refractivity contribution in [3.63, 3.8) is 0 Å². The fourth-order valence-electron chi connectivity index (χ4n) is 2.14. The molecule has 19 heavy (non-hydrogen) atoms. The Labute approximate surface area is 129 Å². The zero-order valence-corrected chi connectivity index (χ0v) is 14.7. The van der Waals surface area contributed by atoms with E-state index in [2.05, 4.69) is 56.5 Å². The van der Waals surface area contributed by atoms with Crippen LogP contribution in [0.2, 0.25) is 0 Å². The summed E-state index contributed by atoms with van der Waals surface area (Å²) < 4.78 is 0. The minimum absolute atomic E-state index is 0.536. The van der Waals surface area contributed by atoms with Crippen LogP contribution in [0.25, 0.3) is 0 Å². The lowest BCUT2D eigenvalue weighted by atomic mass is 10.2. The van der Waals surface area contributed by atoms with Gasteiger partial charge in [0.25, 0.3) is 0 Å². The summed E-state index contributed by atoms with van der Waals surface area (Å²) >= 11 is 6.11. The molecular formula is C14H24N2S3. The number of thioether (sulfide) groups is 2. The van der Waals surface area contributed by atoms with Gasteiger partial charge in [0.1, 0.15) is 5.01 Å². The largest absolute Gasteiger partial charge is 0.310 e. The molecule has 1 N–H and O–H groups in total. The number of rotatable bonds is 5. The Bertz CT molecular complexity index is 403. The second-order valence-corrected chi connectivity index (χ2v) is 9.03. The Morgan fingerprint density at radius 2 is 2.05 bits per heavy atom. The van der Waals surface area contributed by atoms with Crippen LogP contribution in [0.3, 0.4) is 0 Å². The van der Waals surface area contributed by atoms with Crippen LogP contribution < -0.4 is 5.32 Å². The molecular weight excluding hydrogens is 292 g/mol. The van der Waals surface area contributed by atoms with Crippen LogP contribution in [-0.2, 0) is 13.0 Å². The second kappa shape index (κ2) is 7.34. The molecule has 1 aliphatic heterocycles. The molecule has 0 radical (unpaired) electrons. The summed E-state index contributed by atoms with van der Waals surface area (Å²) in [5.41, 5.74) is 1.30. The van der Waals surface area contributed by atoms with Crippen molar-refractivity contribution < 1.29 is 0 Å². The fourth-order valence-corrected chi connectivity index (χ4v) is 6.40. The third kappa shape index (κ3) is 4.13. The molecule has 2 rings (SSSR count). The summed E-state index contributed by atoms with van der Waals surface area (Å²) in [6, 6.07) is 0.536. The lowest BCUT2D eigenvalue weighted by Crippen LogP contribution is -2.21. The highest BCUT2D eigenvalue weighted by Gasteiger charge is 2.27. The van der Waals surface area contributed by atoms with Crippen molar-refractivity contribution in [3.8, 4) is 0 Å². The lowest BCUT2D eigenvalue weighted by Gasteiger charge is -2.25. The Hall–Kier alpha value is 0.290. The van der Waals surface area contributed by atoms with Gasteiger partial charge < -0.3 is 5.32 Å². The topological polar surface area (TPSA) is 24.9 Å². The molecule has 0 bridgehead atoms. The number of hydrogen-bond donors (Lipinski definition) is 1. The summed E-state index contributed by atoms with van der Waals surface area (Å²) in [6.45, 7) is 9.93. The summed E-state index contributed by atoms with van der Waals surface area (Å²) in [4.78, 5) is 6.36. The van der Waals surface area contributed by atoms with E-state index in [1.54, 1.807) is 0 Å². The molecule has 2 heterocycles. The smallest absolute Gasteiger partial charge is 0.107 e. The predicted octanol–water partition coefficient (Wildman–Crippen LogP) is 4.11. The lowest BCUT2D eigenvalue weighted by molar-refractivity contribution is 0.590. The molecule has 0 spiro atoms. The maximum absolute atomic E-state index is 4.93. The molecule has 0 aromatic carbocycles. The number of aromatic nitrogens is 1. The Balaban J connectivity index is 2.12. The van der Waals surface area contributed by atoms with Gasteiger partial charge in [-0.25, -0.2) is 4.98 Å².